The highest BCUT2D eigenvalue weighted by Gasteiger charge is 2.36. The van der Waals surface area contributed by atoms with E-state index in [1.54, 1.807) is 50.1 Å². The van der Waals surface area contributed by atoms with Gasteiger partial charge in [0.05, 0.1) is 41.0 Å². The molecular weight excluding hydrogens is 570 g/mol. The van der Waals surface area contributed by atoms with E-state index in [0.717, 1.165) is 0 Å². The lowest BCUT2D eigenvalue weighted by Gasteiger charge is -2.38. The van der Waals surface area contributed by atoms with Gasteiger partial charge >= 0.3 is 0 Å². The van der Waals surface area contributed by atoms with E-state index in [1.807, 2.05) is 6.92 Å². The first-order valence-electron chi connectivity index (χ1n) is 13.1. The first-order chi connectivity index (χ1) is 19.3. The molecule has 2 heterocycles. The third kappa shape index (κ3) is 6.40. The number of aliphatic hydroxyl groups is 1. The van der Waals surface area contributed by atoms with Crippen molar-refractivity contribution in [3.8, 4) is 5.75 Å². The Labute approximate surface area is 244 Å². The van der Waals surface area contributed by atoms with Crippen LogP contribution < -0.4 is 10.1 Å². The monoisotopic (exact) mass is 603 g/mol. The van der Waals surface area contributed by atoms with Crippen LogP contribution in [0.1, 0.15) is 40.4 Å². The molecule has 2 amide bonds. The van der Waals surface area contributed by atoms with E-state index in [9.17, 15) is 23.1 Å². The number of aryl methyl sites for hydroxylation is 2. The number of carbonyl (C=O) groups is 2. The number of halogens is 1. The number of rotatable bonds is 8. The summed E-state index contributed by atoms with van der Waals surface area (Å²) in [7, 11) is -0.786. The molecule has 0 aliphatic carbocycles. The fourth-order valence-electron chi connectivity index (χ4n) is 4.71. The summed E-state index contributed by atoms with van der Waals surface area (Å²) in [5.41, 5.74) is 1.41. The summed E-state index contributed by atoms with van der Waals surface area (Å²) in [5.74, 6) is -1.06. The lowest BCUT2D eigenvalue weighted by Crippen LogP contribution is -2.50. The van der Waals surface area contributed by atoms with Crippen molar-refractivity contribution in [3.63, 3.8) is 0 Å². The van der Waals surface area contributed by atoms with E-state index in [2.05, 4.69) is 10.4 Å². The van der Waals surface area contributed by atoms with Gasteiger partial charge in [0.2, 0.25) is 10.0 Å². The number of aromatic nitrogens is 2. The largest absolute Gasteiger partial charge is 0.486 e. The second-order valence-electron chi connectivity index (χ2n) is 10.3. The Hall–Kier alpha value is -3.45. The number of benzene rings is 2. The van der Waals surface area contributed by atoms with Crippen molar-refractivity contribution >= 4 is 39.1 Å². The summed E-state index contributed by atoms with van der Waals surface area (Å²) in [5, 5.41) is 17.4. The molecule has 0 saturated heterocycles. The molecule has 0 unspecified atom stereocenters. The van der Waals surface area contributed by atoms with E-state index in [1.165, 1.54) is 40.3 Å². The Kier molecular flexibility index (Phi) is 9.07. The Morgan fingerprint density at radius 2 is 1.95 bits per heavy atom. The van der Waals surface area contributed by atoms with E-state index >= 15 is 0 Å². The van der Waals surface area contributed by atoms with Gasteiger partial charge < -0.3 is 20.1 Å². The van der Waals surface area contributed by atoms with E-state index < -0.39 is 28.1 Å². The number of ether oxygens (including phenoxy) is 1. The minimum absolute atomic E-state index is 0.0513. The highest BCUT2D eigenvalue weighted by Crippen LogP contribution is 2.35. The summed E-state index contributed by atoms with van der Waals surface area (Å²) >= 11 is 5.95. The zero-order valence-electron chi connectivity index (χ0n) is 23.5. The number of aliphatic hydroxyl groups excluding tert-OH is 1. The fraction of sp³-hybridized carbons (Fsp3) is 0.393. The summed E-state index contributed by atoms with van der Waals surface area (Å²) in [6.45, 7) is 5.25. The molecule has 1 aromatic heterocycles. The van der Waals surface area contributed by atoms with Gasteiger partial charge in [0, 0.05) is 31.6 Å². The molecule has 2 N–H and O–H groups in total. The molecule has 0 radical (unpaired) electrons. The summed E-state index contributed by atoms with van der Waals surface area (Å²) < 4.78 is 35.8. The summed E-state index contributed by atoms with van der Waals surface area (Å²) in [6.07, 6.45) is -0.723. The fourth-order valence-corrected chi connectivity index (χ4v) is 6.02. The molecule has 3 atom stereocenters. The van der Waals surface area contributed by atoms with Gasteiger partial charge in [-0.2, -0.15) is 9.40 Å². The Bertz CT molecular complexity index is 1540. The van der Waals surface area contributed by atoms with Gasteiger partial charge in [-0.1, -0.05) is 24.6 Å². The third-order valence-electron chi connectivity index (χ3n) is 7.13. The Morgan fingerprint density at radius 3 is 2.56 bits per heavy atom. The standard InChI is InChI=1S/C28H34ClN5O6S/c1-17-14-34(19(3)16-35)28(37)22-7-6-8-23(30-27(36)24-13-18(2)31-33(24)5)26(22)40-25(17)15-32(4)41(38,39)21-11-9-20(29)10-12-21/h6-13,17,19,25,35H,14-16H2,1-5H3,(H,30,36)/t17-,19-,25+/m1/s1. The van der Waals surface area contributed by atoms with Gasteiger partial charge in [-0.05, 0) is 56.3 Å². The van der Waals surface area contributed by atoms with Crippen molar-refractivity contribution in [2.45, 2.75) is 37.8 Å². The van der Waals surface area contributed by atoms with Crippen molar-refractivity contribution in [1.29, 1.82) is 0 Å². The molecular formula is C28H34ClN5O6S. The number of carbonyl (C=O) groups excluding carboxylic acids is 2. The summed E-state index contributed by atoms with van der Waals surface area (Å²) in [4.78, 5) is 28.5. The second kappa shape index (κ2) is 12.2. The van der Waals surface area contributed by atoms with Crippen LogP contribution >= 0.6 is 11.6 Å². The average Bonchev–Trinajstić information content (AvgIpc) is 3.28. The predicted octanol–water partition coefficient (Wildman–Crippen LogP) is 3.18. The molecule has 1 aliphatic heterocycles. The first kappa shape index (κ1) is 30.5. The molecule has 2 aromatic carbocycles. The number of nitrogens with zero attached hydrogens (tertiary/aromatic N) is 4. The molecule has 41 heavy (non-hydrogen) atoms. The lowest BCUT2D eigenvalue weighted by molar-refractivity contribution is 0.0388. The Morgan fingerprint density at radius 1 is 1.27 bits per heavy atom. The van der Waals surface area contributed by atoms with Crippen LogP contribution in [0.25, 0.3) is 0 Å². The highest BCUT2D eigenvalue weighted by molar-refractivity contribution is 7.89. The average molecular weight is 604 g/mol. The van der Waals surface area contributed by atoms with Crippen LogP contribution in [-0.2, 0) is 17.1 Å². The van der Waals surface area contributed by atoms with Crippen molar-refractivity contribution in [3.05, 3.63) is 70.5 Å². The molecule has 1 aliphatic rings. The predicted molar refractivity (Wildman–Crippen MR) is 155 cm³/mol. The Balaban J connectivity index is 1.73. The van der Waals surface area contributed by atoms with E-state index in [4.69, 9.17) is 16.3 Å². The number of amides is 2. The number of anilines is 1. The zero-order valence-corrected chi connectivity index (χ0v) is 25.1. The SMILES string of the molecule is Cc1cc(C(=O)Nc2cccc3c2O[C@@H](CN(C)S(=O)(=O)c2ccc(Cl)cc2)[C@H](C)CN([C@H](C)CO)C3=O)n(C)n1. The van der Waals surface area contributed by atoms with Crippen molar-refractivity contribution in [1.82, 2.24) is 19.0 Å². The molecule has 3 aromatic rings. The molecule has 0 saturated carbocycles. The number of nitrogens with one attached hydrogen (secondary N) is 1. The maximum Gasteiger partial charge on any atom is 0.274 e. The van der Waals surface area contributed by atoms with Crippen LogP contribution in [0.4, 0.5) is 5.69 Å². The smallest absolute Gasteiger partial charge is 0.274 e. The molecule has 4 rings (SSSR count). The second-order valence-corrected chi connectivity index (χ2v) is 12.8. The van der Waals surface area contributed by atoms with Gasteiger partial charge in [-0.3, -0.25) is 14.3 Å². The number of para-hydroxylation sites is 1. The van der Waals surface area contributed by atoms with E-state index in [0.29, 0.717) is 16.4 Å². The number of hydrogen-bond acceptors (Lipinski definition) is 7. The molecule has 13 heteroatoms. The van der Waals surface area contributed by atoms with Crippen LogP contribution in [0.15, 0.2) is 53.4 Å². The quantitative estimate of drug-likeness (QED) is 0.404. The number of hydrogen-bond donors (Lipinski definition) is 2. The first-order valence-corrected chi connectivity index (χ1v) is 14.9. The topological polar surface area (TPSA) is 134 Å². The maximum atomic E-state index is 13.7. The molecule has 0 bridgehead atoms. The van der Waals surface area contributed by atoms with Crippen molar-refractivity contribution in [2.75, 3.05) is 32.1 Å². The number of fused-ring (bicyclic) bond motifs is 1. The molecule has 0 fully saturated rings. The van der Waals surface area contributed by atoms with Crippen LogP contribution in [0.2, 0.25) is 5.02 Å². The number of likely N-dealkylation sites (N-methyl/N-ethyl adjacent to an activating group) is 1. The van der Waals surface area contributed by atoms with Gasteiger partial charge in [-0.25, -0.2) is 8.42 Å². The minimum Gasteiger partial charge on any atom is -0.486 e. The summed E-state index contributed by atoms with van der Waals surface area (Å²) in [6, 6.07) is 11.8. The van der Waals surface area contributed by atoms with Crippen molar-refractivity contribution in [2.24, 2.45) is 13.0 Å². The maximum absolute atomic E-state index is 13.7. The van der Waals surface area contributed by atoms with Gasteiger partial charge in [0.1, 0.15) is 11.8 Å². The minimum atomic E-state index is -3.90. The van der Waals surface area contributed by atoms with Crippen LogP contribution in [-0.4, -0.2) is 83.2 Å². The van der Waals surface area contributed by atoms with Crippen molar-refractivity contribution < 1.29 is 27.9 Å². The van der Waals surface area contributed by atoms with Crippen LogP contribution in [0.5, 0.6) is 5.75 Å². The number of sulfonamides is 1. The van der Waals surface area contributed by atoms with Gasteiger partial charge in [0.15, 0.2) is 5.75 Å². The van der Waals surface area contributed by atoms with Gasteiger partial charge in [-0.15, -0.1) is 0 Å². The highest BCUT2D eigenvalue weighted by atomic mass is 35.5. The third-order valence-corrected chi connectivity index (χ3v) is 9.22. The zero-order chi connectivity index (χ0) is 30.1. The molecule has 11 nitrogen and oxygen atoms in total. The molecule has 0 spiro atoms. The van der Waals surface area contributed by atoms with Crippen LogP contribution in [0.3, 0.4) is 0 Å². The molecule has 220 valence electrons. The normalized spacial score (nSPS) is 18.3. The lowest BCUT2D eigenvalue weighted by atomic mass is 9.99. The van der Waals surface area contributed by atoms with Crippen LogP contribution in [0, 0.1) is 12.8 Å². The van der Waals surface area contributed by atoms with Gasteiger partial charge in [0.25, 0.3) is 11.8 Å². The van der Waals surface area contributed by atoms with E-state index in [-0.39, 0.29) is 53.4 Å².